The number of ether oxygens (including phenoxy) is 1. The van der Waals surface area contributed by atoms with Gasteiger partial charge in [-0.1, -0.05) is 6.92 Å². The lowest BCUT2D eigenvalue weighted by Gasteiger charge is -2.36. The summed E-state index contributed by atoms with van der Waals surface area (Å²) >= 11 is 0. The first-order valence-electron chi connectivity index (χ1n) is 11.3. The predicted octanol–water partition coefficient (Wildman–Crippen LogP) is 2.19. The van der Waals surface area contributed by atoms with Crippen molar-refractivity contribution < 1.29 is 18.7 Å². The van der Waals surface area contributed by atoms with Gasteiger partial charge in [-0.25, -0.2) is 4.39 Å². The molecule has 1 aromatic carbocycles. The molecule has 2 heterocycles. The second-order valence-corrected chi connectivity index (χ2v) is 8.34. The Hall–Kier alpha value is -2.11. The fourth-order valence-corrected chi connectivity index (χ4v) is 4.31. The number of anilines is 1. The number of hydrogen-bond acceptors (Lipinski definition) is 5. The van der Waals surface area contributed by atoms with Crippen LogP contribution in [0.15, 0.2) is 29.3 Å². The topological polar surface area (TPSA) is 77.5 Å². The van der Waals surface area contributed by atoms with Crippen LogP contribution < -0.4 is 10.2 Å². The number of guanidine groups is 1. The zero-order valence-electron chi connectivity index (χ0n) is 19.6. The highest BCUT2D eigenvalue weighted by Gasteiger charge is 2.36. The number of methoxy groups -OCH3 is 1. The number of piperazine rings is 1. The molecule has 1 N–H and O–H groups in total. The molecule has 8 nitrogen and oxygen atoms in total. The molecule has 0 bridgehead atoms. The Morgan fingerprint density at radius 2 is 1.79 bits per heavy atom. The number of nitrogens with zero attached hydrogens (tertiary/aromatic N) is 4. The number of carbonyl (C=O) groups is 2. The maximum absolute atomic E-state index is 13.1. The van der Waals surface area contributed by atoms with Crippen molar-refractivity contribution in [2.24, 2.45) is 16.8 Å². The van der Waals surface area contributed by atoms with E-state index in [9.17, 15) is 14.0 Å². The molecule has 10 heteroatoms. The summed E-state index contributed by atoms with van der Waals surface area (Å²) in [5.41, 5.74) is 0.975. The van der Waals surface area contributed by atoms with Gasteiger partial charge in [-0.15, -0.1) is 24.0 Å². The molecular formula is C23H35FIN5O3. The summed E-state index contributed by atoms with van der Waals surface area (Å²) in [4.78, 5) is 35.4. The van der Waals surface area contributed by atoms with E-state index in [2.05, 4.69) is 20.1 Å². The molecule has 2 aliphatic rings. The molecule has 184 valence electrons. The van der Waals surface area contributed by atoms with Crippen LogP contribution in [0.2, 0.25) is 0 Å². The summed E-state index contributed by atoms with van der Waals surface area (Å²) in [5.74, 6) is 0.411. The smallest absolute Gasteiger partial charge is 0.310 e. The molecule has 0 aromatic heterocycles. The number of aliphatic imine (C=N–C) groups is 1. The van der Waals surface area contributed by atoms with Crippen LogP contribution in [0.1, 0.15) is 20.3 Å². The number of likely N-dealkylation sites (tertiary alicyclic amines) is 1. The third-order valence-electron chi connectivity index (χ3n) is 6.16. The standard InChI is InChI=1S/C23H34FN5O3.HI/c1-4-25-23(29-15-17(2)20(16-29)22(31)32-3)26-10-9-21(30)28-13-11-27(12-14-28)19-7-5-18(24)6-8-19;/h5-8,17,20H,4,9-16H2,1-3H3,(H,25,26);1H. The number of nitrogens with one attached hydrogen (secondary N) is 1. The summed E-state index contributed by atoms with van der Waals surface area (Å²) < 4.78 is 18.0. The second kappa shape index (κ2) is 13.0. The molecule has 3 rings (SSSR count). The lowest BCUT2D eigenvalue weighted by atomic mass is 9.99. The van der Waals surface area contributed by atoms with Gasteiger partial charge in [0.15, 0.2) is 5.96 Å². The highest BCUT2D eigenvalue weighted by Crippen LogP contribution is 2.24. The van der Waals surface area contributed by atoms with E-state index in [0.29, 0.717) is 39.1 Å². The van der Waals surface area contributed by atoms with Crippen molar-refractivity contribution in [2.45, 2.75) is 20.3 Å². The quantitative estimate of drug-likeness (QED) is 0.243. The van der Waals surface area contributed by atoms with Gasteiger partial charge in [-0.2, -0.15) is 0 Å². The Kier molecular flexibility index (Phi) is 10.6. The average molecular weight is 575 g/mol. The molecule has 0 radical (unpaired) electrons. The van der Waals surface area contributed by atoms with E-state index in [4.69, 9.17) is 4.74 Å². The predicted molar refractivity (Wildman–Crippen MR) is 137 cm³/mol. The molecule has 2 unspecified atom stereocenters. The fraction of sp³-hybridized carbons (Fsp3) is 0.609. The van der Waals surface area contributed by atoms with Gasteiger partial charge in [-0.3, -0.25) is 14.6 Å². The summed E-state index contributed by atoms with van der Waals surface area (Å²) in [6, 6.07) is 6.46. The van der Waals surface area contributed by atoms with Gasteiger partial charge in [-0.05, 0) is 37.1 Å². The van der Waals surface area contributed by atoms with Crippen LogP contribution in [0.5, 0.6) is 0 Å². The minimum absolute atomic E-state index is 0. The van der Waals surface area contributed by atoms with E-state index >= 15 is 0 Å². The monoisotopic (exact) mass is 575 g/mol. The second-order valence-electron chi connectivity index (χ2n) is 8.34. The van der Waals surface area contributed by atoms with E-state index in [0.717, 1.165) is 31.3 Å². The Bertz CT molecular complexity index is 815. The normalized spacial score (nSPS) is 21.0. The number of halogens is 2. The van der Waals surface area contributed by atoms with Gasteiger partial charge in [0.25, 0.3) is 0 Å². The third-order valence-corrected chi connectivity index (χ3v) is 6.16. The summed E-state index contributed by atoms with van der Waals surface area (Å²) in [6.07, 6.45) is 0.343. The van der Waals surface area contributed by atoms with Gasteiger partial charge < -0.3 is 24.8 Å². The number of carbonyl (C=O) groups excluding carboxylic acids is 2. The lowest BCUT2D eigenvalue weighted by molar-refractivity contribution is -0.146. The van der Waals surface area contributed by atoms with E-state index < -0.39 is 0 Å². The molecule has 2 aliphatic heterocycles. The first-order valence-corrected chi connectivity index (χ1v) is 11.3. The van der Waals surface area contributed by atoms with Crippen molar-refractivity contribution in [2.75, 3.05) is 64.4 Å². The summed E-state index contributed by atoms with van der Waals surface area (Å²) in [6.45, 7) is 9.18. The van der Waals surface area contributed by atoms with Gasteiger partial charge in [0.05, 0.1) is 19.6 Å². The molecule has 2 saturated heterocycles. The fourth-order valence-electron chi connectivity index (χ4n) is 4.31. The van der Waals surface area contributed by atoms with Gasteiger partial charge in [0.2, 0.25) is 5.91 Å². The van der Waals surface area contributed by atoms with Crippen LogP contribution in [0, 0.1) is 17.7 Å². The zero-order valence-corrected chi connectivity index (χ0v) is 22.0. The van der Waals surface area contributed by atoms with Crippen LogP contribution in [0.3, 0.4) is 0 Å². The van der Waals surface area contributed by atoms with Crippen LogP contribution in [-0.4, -0.2) is 87.1 Å². The number of rotatable bonds is 6. The zero-order chi connectivity index (χ0) is 23.1. The Labute approximate surface area is 212 Å². The van der Waals surface area contributed by atoms with Crippen LogP contribution in [0.4, 0.5) is 10.1 Å². The average Bonchev–Trinajstić information content (AvgIpc) is 3.20. The molecule has 0 spiro atoms. The van der Waals surface area contributed by atoms with E-state index in [1.165, 1.54) is 19.2 Å². The molecular weight excluding hydrogens is 540 g/mol. The minimum Gasteiger partial charge on any atom is -0.469 e. The first-order chi connectivity index (χ1) is 15.4. The van der Waals surface area contributed by atoms with Crippen molar-refractivity contribution in [1.29, 1.82) is 0 Å². The van der Waals surface area contributed by atoms with Crippen molar-refractivity contribution in [3.05, 3.63) is 30.1 Å². The molecule has 2 atom stereocenters. The summed E-state index contributed by atoms with van der Waals surface area (Å²) in [5, 5.41) is 3.27. The van der Waals surface area contributed by atoms with Crippen LogP contribution in [0.25, 0.3) is 0 Å². The molecule has 1 aromatic rings. The maximum atomic E-state index is 13.1. The third kappa shape index (κ3) is 7.18. The summed E-state index contributed by atoms with van der Waals surface area (Å²) in [7, 11) is 1.42. The molecule has 0 saturated carbocycles. The number of hydrogen-bond donors (Lipinski definition) is 1. The highest BCUT2D eigenvalue weighted by atomic mass is 127. The maximum Gasteiger partial charge on any atom is 0.310 e. The van der Waals surface area contributed by atoms with Crippen molar-refractivity contribution >= 4 is 47.5 Å². The SMILES string of the molecule is CCNC(=NCCC(=O)N1CCN(c2ccc(F)cc2)CC1)N1CC(C)C(C(=O)OC)C1.I. The van der Waals surface area contributed by atoms with Crippen LogP contribution >= 0.6 is 24.0 Å². The highest BCUT2D eigenvalue weighted by molar-refractivity contribution is 14.0. The largest absolute Gasteiger partial charge is 0.469 e. The van der Waals surface area contributed by atoms with E-state index in [-0.39, 0.29) is 53.5 Å². The van der Waals surface area contributed by atoms with Crippen LogP contribution in [-0.2, 0) is 14.3 Å². The Morgan fingerprint density at radius 3 is 2.39 bits per heavy atom. The van der Waals surface area contributed by atoms with E-state index in [1.54, 1.807) is 12.1 Å². The van der Waals surface area contributed by atoms with Gasteiger partial charge in [0, 0.05) is 57.9 Å². The molecule has 33 heavy (non-hydrogen) atoms. The van der Waals surface area contributed by atoms with Crippen molar-refractivity contribution in [1.82, 2.24) is 15.1 Å². The first kappa shape index (κ1) is 27.1. The van der Waals surface area contributed by atoms with Crippen molar-refractivity contribution in [3.8, 4) is 0 Å². The number of benzene rings is 1. The lowest BCUT2D eigenvalue weighted by Crippen LogP contribution is -2.49. The minimum atomic E-state index is -0.246. The van der Waals surface area contributed by atoms with E-state index in [1.807, 2.05) is 18.7 Å². The molecule has 2 fully saturated rings. The molecule has 0 aliphatic carbocycles. The Balaban J connectivity index is 0.00000385. The van der Waals surface area contributed by atoms with Gasteiger partial charge in [0.1, 0.15) is 5.82 Å². The van der Waals surface area contributed by atoms with Crippen molar-refractivity contribution in [3.63, 3.8) is 0 Å². The van der Waals surface area contributed by atoms with Gasteiger partial charge >= 0.3 is 5.97 Å². The Morgan fingerprint density at radius 1 is 1.12 bits per heavy atom. The number of amides is 1. The molecule has 1 amide bonds. The number of esters is 1.